The second-order valence-corrected chi connectivity index (χ2v) is 20.6. The van der Waals surface area contributed by atoms with Crippen molar-refractivity contribution in [2.24, 2.45) is 0 Å². The molecule has 0 saturated heterocycles. The molecule has 1 unspecified atom stereocenters. The molecule has 0 aliphatic carbocycles. The van der Waals surface area contributed by atoms with E-state index < -0.39 is 6.10 Å². The summed E-state index contributed by atoms with van der Waals surface area (Å²) in [6.07, 6.45) is 72.4. The van der Waals surface area contributed by atoms with E-state index in [1.165, 1.54) is 218 Å². The molecule has 0 bridgehead atoms. The molecule has 0 aromatic rings. The van der Waals surface area contributed by atoms with Crippen LogP contribution in [-0.4, -0.2) is 37.2 Å². The molecule has 0 aliphatic heterocycles. The Labute approximate surface area is 435 Å². The van der Waals surface area contributed by atoms with Crippen LogP contribution in [0.3, 0.4) is 0 Å². The van der Waals surface area contributed by atoms with Crippen molar-refractivity contribution < 1.29 is 28.6 Å². The highest BCUT2D eigenvalue weighted by Crippen LogP contribution is 2.16. The molecule has 0 rings (SSSR count). The summed E-state index contributed by atoms with van der Waals surface area (Å²) in [7, 11) is 0. The third-order valence-corrected chi connectivity index (χ3v) is 13.6. The first kappa shape index (κ1) is 67.4. The van der Waals surface area contributed by atoms with Crippen LogP contribution in [0, 0.1) is 0 Å². The lowest BCUT2D eigenvalue weighted by molar-refractivity contribution is -0.167. The molecule has 0 amide bonds. The quantitative estimate of drug-likeness (QED) is 0.0199. The largest absolute Gasteiger partial charge is 0.462 e. The fourth-order valence-corrected chi connectivity index (χ4v) is 8.90. The Morgan fingerprint density at radius 1 is 0.286 bits per heavy atom. The highest BCUT2D eigenvalue weighted by atomic mass is 16.6. The highest BCUT2D eigenvalue weighted by molar-refractivity contribution is 5.71. The van der Waals surface area contributed by atoms with Crippen LogP contribution in [0.1, 0.15) is 323 Å². The van der Waals surface area contributed by atoms with Gasteiger partial charge in [-0.3, -0.25) is 14.4 Å². The molecule has 6 nitrogen and oxygen atoms in total. The van der Waals surface area contributed by atoms with E-state index in [1.54, 1.807) is 0 Å². The Morgan fingerprint density at radius 3 is 0.829 bits per heavy atom. The molecule has 6 heteroatoms. The Bertz CT molecular complexity index is 1220. The zero-order chi connectivity index (χ0) is 50.7. The van der Waals surface area contributed by atoms with Gasteiger partial charge in [0.1, 0.15) is 13.2 Å². The Kier molecular flexibility index (Phi) is 56.7. The van der Waals surface area contributed by atoms with Crippen LogP contribution in [0.15, 0.2) is 48.6 Å². The Morgan fingerprint density at radius 2 is 0.514 bits per heavy atom. The molecule has 0 saturated carbocycles. The average Bonchev–Trinajstić information content (AvgIpc) is 3.36. The first-order valence-electron chi connectivity index (χ1n) is 30.7. The van der Waals surface area contributed by atoms with E-state index >= 15 is 0 Å². The minimum absolute atomic E-state index is 0.0773. The van der Waals surface area contributed by atoms with Gasteiger partial charge in [-0.25, -0.2) is 0 Å². The van der Waals surface area contributed by atoms with E-state index in [2.05, 4.69) is 69.4 Å². The van der Waals surface area contributed by atoms with Gasteiger partial charge in [-0.2, -0.15) is 0 Å². The maximum atomic E-state index is 12.9. The van der Waals surface area contributed by atoms with E-state index in [0.717, 1.165) is 64.2 Å². The summed E-state index contributed by atoms with van der Waals surface area (Å²) in [5, 5.41) is 0. The van der Waals surface area contributed by atoms with Crippen LogP contribution in [0.4, 0.5) is 0 Å². The number of hydrogen-bond donors (Lipinski definition) is 0. The standard InChI is InChI=1S/C64H116O6/c1-4-7-10-13-16-19-22-25-28-31-32-34-36-39-42-45-48-51-54-57-63(66)69-60-61(59-68-62(65)56-53-50-47-44-41-38-35-30-27-24-21-18-15-12-9-6-3)70-64(67)58-55-52-49-46-43-40-37-33-29-26-23-20-17-14-11-8-5-2/h16,19,22,25-26,29-30,35,61H,4-15,17-18,20-21,23-24,27-28,31-34,36-60H2,1-3H3/b19-16-,25-22-,29-26-,35-30-. The van der Waals surface area contributed by atoms with Crippen molar-refractivity contribution in [3.05, 3.63) is 48.6 Å². The number of rotatable bonds is 56. The van der Waals surface area contributed by atoms with Crippen molar-refractivity contribution in [2.45, 2.75) is 329 Å². The number of hydrogen-bond acceptors (Lipinski definition) is 6. The fourth-order valence-electron chi connectivity index (χ4n) is 8.90. The monoisotopic (exact) mass is 981 g/mol. The van der Waals surface area contributed by atoms with Crippen LogP contribution in [0.5, 0.6) is 0 Å². The maximum Gasteiger partial charge on any atom is 0.306 e. The van der Waals surface area contributed by atoms with Crippen molar-refractivity contribution in [3.8, 4) is 0 Å². The van der Waals surface area contributed by atoms with Crippen LogP contribution in [0.2, 0.25) is 0 Å². The third kappa shape index (κ3) is 56.3. The Balaban J connectivity index is 4.37. The average molecular weight is 982 g/mol. The molecule has 0 heterocycles. The molecule has 0 aromatic heterocycles. The summed E-state index contributed by atoms with van der Waals surface area (Å²) >= 11 is 0. The van der Waals surface area contributed by atoms with Crippen LogP contribution >= 0.6 is 0 Å². The lowest BCUT2D eigenvalue weighted by Crippen LogP contribution is -2.30. The van der Waals surface area contributed by atoms with Crippen molar-refractivity contribution in [3.63, 3.8) is 0 Å². The van der Waals surface area contributed by atoms with Gasteiger partial charge in [0.2, 0.25) is 0 Å². The second-order valence-electron chi connectivity index (χ2n) is 20.6. The van der Waals surface area contributed by atoms with E-state index in [-0.39, 0.29) is 31.1 Å². The SMILES string of the molecule is CCCCC/C=C\C=C/CCCCCCCCCCCCC(=O)OCC(COC(=O)CCCCCCC/C=C\CCCCCCCCC)OC(=O)CCCCCCCCC/C=C\CCCCCCCC. The first-order valence-corrected chi connectivity index (χ1v) is 30.7. The minimum atomic E-state index is -0.780. The van der Waals surface area contributed by atoms with Crippen molar-refractivity contribution in [1.82, 2.24) is 0 Å². The number of carbonyl (C=O) groups excluding carboxylic acids is 3. The van der Waals surface area contributed by atoms with Gasteiger partial charge < -0.3 is 14.2 Å². The molecular formula is C64H116O6. The van der Waals surface area contributed by atoms with Gasteiger partial charge in [0.05, 0.1) is 0 Å². The maximum absolute atomic E-state index is 12.9. The summed E-state index contributed by atoms with van der Waals surface area (Å²) in [6.45, 7) is 6.63. The van der Waals surface area contributed by atoms with Crippen LogP contribution in [-0.2, 0) is 28.6 Å². The Hall–Kier alpha value is -2.63. The zero-order valence-electron chi connectivity index (χ0n) is 46.8. The van der Waals surface area contributed by atoms with Gasteiger partial charge >= 0.3 is 17.9 Å². The van der Waals surface area contributed by atoms with Gasteiger partial charge in [0.25, 0.3) is 0 Å². The third-order valence-electron chi connectivity index (χ3n) is 13.6. The van der Waals surface area contributed by atoms with Gasteiger partial charge in [0.15, 0.2) is 6.10 Å². The number of allylic oxidation sites excluding steroid dienone is 8. The summed E-state index contributed by atoms with van der Waals surface area (Å²) in [6, 6.07) is 0. The van der Waals surface area contributed by atoms with E-state index in [1.807, 2.05) is 0 Å². The molecule has 0 aliphatic rings. The number of carbonyl (C=O) groups is 3. The van der Waals surface area contributed by atoms with E-state index in [4.69, 9.17) is 14.2 Å². The second kappa shape index (κ2) is 58.9. The summed E-state index contributed by atoms with van der Waals surface area (Å²) in [5.74, 6) is -0.876. The molecule has 408 valence electrons. The molecule has 0 N–H and O–H groups in total. The highest BCUT2D eigenvalue weighted by Gasteiger charge is 2.19. The predicted molar refractivity (Wildman–Crippen MR) is 302 cm³/mol. The first-order chi connectivity index (χ1) is 34.5. The molecule has 1 atom stereocenters. The predicted octanol–water partition coefficient (Wildman–Crippen LogP) is 20.6. The van der Waals surface area contributed by atoms with Crippen molar-refractivity contribution in [1.29, 1.82) is 0 Å². The molecule has 70 heavy (non-hydrogen) atoms. The molecular weight excluding hydrogens is 865 g/mol. The summed E-state index contributed by atoms with van der Waals surface area (Å²) in [5.41, 5.74) is 0. The van der Waals surface area contributed by atoms with Gasteiger partial charge in [0, 0.05) is 19.3 Å². The fraction of sp³-hybridized carbons (Fsp3) is 0.828. The number of unbranched alkanes of at least 4 members (excludes halogenated alkanes) is 38. The minimum Gasteiger partial charge on any atom is -0.462 e. The number of esters is 3. The molecule has 0 fully saturated rings. The molecule has 0 aromatic carbocycles. The van der Waals surface area contributed by atoms with E-state index in [0.29, 0.717) is 19.3 Å². The molecule has 0 spiro atoms. The normalized spacial score (nSPS) is 12.3. The van der Waals surface area contributed by atoms with E-state index in [9.17, 15) is 14.4 Å². The summed E-state index contributed by atoms with van der Waals surface area (Å²) < 4.78 is 16.9. The smallest absolute Gasteiger partial charge is 0.306 e. The lowest BCUT2D eigenvalue weighted by atomic mass is 10.1. The van der Waals surface area contributed by atoms with Crippen LogP contribution in [0.25, 0.3) is 0 Å². The zero-order valence-corrected chi connectivity index (χ0v) is 46.8. The molecule has 0 radical (unpaired) electrons. The van der Waals surface area contributed by atoms with Gasteiger partial charge in [-0.1, -0.05) is 256 Å². The van der Waals surface area contributed by atoms with Crippen molar-refractivity contribution in [2.75, 3.05) is 13.2 Å². The van der Waals surface area contributed by atoms with Gasteiger partial charge in [-0.15, -0.1) is 0 Å². The van der Waals surface area contributed by atoms with Gasteiger partial charge in [-0.05, 0) is 96.3 Å². The van der Waals surface area contributed by atoms with Crippen molar-refractivity contribution >= 4 is 17.9 Å². The lowest BCUT2D eigenvalue weighted by Gasteiger charge is -2.18. The summed E-state index contributed by atoms with van der Waals surface area (Å²) in [4.78, 5) is 38.3. The number of ether oxygens (including phenoxy) is 3. The topological polar surface area (TPSA) is 78.9 Å². The van der Waals surface area contributed by atoms with Crippen LogP contribution < -0.4 is 0 Å².